The van der Waals surface area contributed by atoms with Gasteiger partial charge in [-0.05, 0) is 43.4 Å². The lowest BCUT2D eigenvalue weighted by atomic mass is 9.82. The molecule has 1 aliphatic carbocycles. The molecule has 2 saturated heterocycles. The lowest BCUT2D eigenvalue weighted by molar-refractivity contribution is 0.163. The molecule has 0 aromatic heterocycles. The normalized spacial score (nSPS) is 42.8. The van der Waals surface area contributed by atoms with Gasteiger partial charge in [-0.1, -0.05) is 13.8 Å². The Labute approximate surface area is 92.0 Å². The Bertz CT molecular complexity index is 272. The molecule has 0 N–H and O–H groups in total. The van der Waals surface area contributed by atoms with Gasteiger partial charge >= 0.3 is 0 Å². The molecule has 0 aromatic carbocycles. The van der Waals surface area contributed by atoms with Crippen LogP contribution in [0.4, 0.5) is 4.39 Å². The van der Waals surface area contributed by atoms with Crippen molar-refractivity contribution in [1.82, 2.24) is 4.90 Å². The summed E-state index contributed by atoms with van der Waals surface area (Å²) in [5.41, 5.74) is 0.888. The summed E-state index contributed by atoms with van der Waals surface area (Å²) in [6.45, 7) is 6.46. The largest absolute Gasteiger partial charge is 0.294 e. The van der Waals surface area contributed by atoms with Gasteiger partial charge in [-0.2, -0.15) is 0 Å². The maximum atomic E-state index is 13.6. The van der Waals surface area contributed by atoms with Crippen LogP contribution >= 0.6 is 0 Å². The van der Waals surface area contributed by atoms with E-state index in [1.54, 1.807) is 0 Å². The quantitative estimate of drug-likeness (QED) is 0.678. The molecule has 0 unspecified atom stereocenters. The highest BCUT2D eigenvalue weighted by atomic mass is 19.1. The number of hydrogen-bond acceptors (Lipinski definition) is 1. The van der Waals surface area contributed by atoms with Gasteiger partial charge in [0.05, 0.1) is 0 Å². The third-order valence-electron chi connectivity index (χ3n) is 4.67. The van der Waals surface area contributed by atoms with Crippen molar-refractivity contribution in [2.24, 2.45) is 11.3 Å². The van der Waals surface area contributed by atoms with Gasteiger partial charge in [0.25, 0.3) is 0 Å². The van der Waals surface area contributed by atoms with Crippen LogP contribution < -0.4 is 0 Å². The number of fused-ring (bicyclic) bond motifs is 1. The molecule has 15 heavy (non-hydrogen) atoms. The van der Waals surface area contributed by atoms with Crippen molar-refractivity contribution in [1.29, 1.82) is 0 Å². The predicted octanol–water partition coefficient (Wildman–Crippen LogP) is 3.00. The summed E-state index contributed by atoms with van der Waals surface area (Å²) in [4.78, 5) is 2.49. The van der Waals surface area contributed by atoms with Gasteiger partial charge in [-0.15, -0.1) is 0 Å². The van der Waals surface area contributed by atoms with Crippen LogP contribution in [0.3, 0.4) is 0 Å². The molecule has 3 aliphatic rings. The van der Waals surface area contributed by atoms with E-state index in [9.17, 15) is 4.39 Å². The van der Waals surface area contributed by atoms with Crippen molar-refractivity contribution < 1.29 is 4.39 Å². The van der Waals surface area contributed by atoms with Crippen molar-refractivity contribution in [2.45, 2.75) is 57.7 Å². The molecule has 86 valence electrons. The summed E-state index contributed by atoms with van der Waals surface area (Å²) in [6.07, 6.45) is 5.56. The molecule has 1 saturated carbocycles. The van der Waals surface area contributed by atoms with Crippen LogP contribution in [0.1, 0.15) is 46.0 Å². The monoisotopic (exact) mass is 211 g/mol. The highest BCUT2D eigenvalue weighted by molar-refractivity contribution is 5.15. The lowest BCUT2D eigenvalue weighted by Crippen LogP contribution is -2.39. The number of hydrogen-bond donors (Lipinski definition) is 0. The maximum Gasteiger partial charge on any atom is 0.115 e. The van der Waals surface area contributed by atoms with E-state index in [4.69, 9.17) is 0 Å². The Morgan fingerprint density at radius 3 is 2.73 bits per heavy atom. The minimum atomic E-state index is -0.556. The maximum absolute atomic E-state index is 13.6. The van der Waals surface area contributed by atoms with E-state index in [2.05, 4.69) is 18.7 Å². The molecule has 2 heteroatoms. The first-order valence-electron chi connectivity index (χ1n) is 6.43. The van der Waals surface area contributed by atoms with Crippen LogP contribution in [-0.4, -0.2) is 29.7 Å². The average Bonchev–Trinajstić information content (AvgIpc) is 2.65. The fourth-order valence-corrected chi connectivity index (χ4v) is 4.17. The van der Waals surface area contributed by atoms with E-state index in [-0.39, 0.29) is 5.54 Å². The van der Waals surface area contributed by atoms with Crippen LogP contribution in [-0.2, 0) is 0 Å². The minimum absolute atomic E-state index is 0.254. The van der Waals surface area contributed by atoms with Crippen LogP contribution in [0.15, 0.2) is 0 Å². The van der Waals surface area contributed by atoms with Crippen LogP contribution in [0.5, 0.6) is 0 Å². The zero-order valence-electron chi connectivity index (χ0n) is 9.93. The van der Waals surface area contributed by atoms with Gasteiger partial charge in [0, 0.05) is 18.6 Å². The fraction of sp³-hybridized carbons (Fsp3) is 1.00. The zero-order chi connectivity index (χ0) is 10.7. The lowest BCUT2D eigenvalue weighted by Gasteiger charge is -2.33. The minimum Gasteiger partial charge on any atom is -0.294 e. The fourth-order valence-electron chi connectivity index (χ4n) is 4.17. The van der Waals surface area contributed by atoms with Gasteiger partial charge in [0.2, 0.25) is 0 Å². The first-order chi connectivity index (χ1) is 7.04. The number of halogens is 1. The molecule has 2 heterocycles. The van der Waals surface area contributed by atoms with Crippen molar-refractivity contribution in [2.75, 3.05) is 13.1 Å². The second kappa shape index (κ2) is 2.97. The van der Waals surface area contributed by atoms with E-state index >= 15 is 0 Å². The Kier molecular flexibility index (Phi) is 1.99. The molecule has 1 nitrogen and oxygen atoms in total. The van der Waals surface area contributed by atoms with Crippen molar-refractivity contribution in [3.63, 3.8) is 0 Å². The van der Waals surface area contributed by atoms with Gasteiger partial charge in [0.1, 0.15) is 6.17 Å². The third kappa shape index (κ3) is 1.52. The van der Waals surface area contributed by atoms with Crippen molar-refractivity contribution >= 4 is 0 Å². The van der Waals surface area contributed by atoms with Gasteiger partial charge < -0.3 is 0 Å². The molecule has 0 amide bonds. The molecule has 2 aliphatic heterocycles. The van der Waals surface area contributed by atoms with Crippen LogP contribution in [0.2, 0.25) is 0 Å². The standard InChI is InChI=1S/C13H22FN/c1-10(2)5-13-6-11(14)7-15(13)9-12(8-13)3-4-12/h10-11H,3-9H2,1-2H3/t11-,13+/m1/s1. The van der Waals surface area contributed by atoms with E-state index in [0.717, 1.165) is 6.42 Å². The van der Waals surface area contributed by atoms with Crippen LogP contribution in [0.25, 0.3) is 0 Å². The second-order valence-electron chi connectivity index (χ2n) is 6.68. The Balaban J connectivity index is 1.82. The van der Waals surface area contributed by atoms with Crippen LogP contribution in [0, 0.1) is 11.3 Å². The predicted molar refractivity (Wildman–Crippen MR) is 59.6 cm³/mol. The molecule has 1 spiro atoms. The molecule has 0 bridgehead atoms. The zero-order valence-corrected chi connectivity index (χ0v) is 9.93. The van der Waals surface area contributed by atoms with E-state index in [1.807, 2.05) is 0 Å². The molecular formula is C13H22FN. The van der Waals surface area contributed by atoms with Gasteiger partial charge in [0.15, 0.2) is 0 Å². The van der Waals surface area contributed by atoms with Gasteiger partial charge in [-0.25, -0.2) is 4.39 Å². The highest BCUT2D eigenvalue weighted by Gasteiger charge is 2.61. The second-order valence-corrected chi connectivity index (χ2v) is 6.68. The van der Waals surface area contributed by atoms with Crippen molar-refractivity contribution in [3.8, 4) is 0 Å². The highest BCUT2D eigenvalue weighted by Crippen LogP contribution is 2.62. The summed E-state index contributed by atoms with van der Waals surface area (Å²) in [5, 5.41) is 0. The summed E-state index contributed by atoms with van der Waals surface area (Å²) in [7, 11) is 0. The van der Waals surface area contributed by atoms with E-state index in [0.29, 0.717) is 17.9 Å². The summed E-state index contributed by atoms with van der Waals surface area (Å²) in [6, 6.07) is 0. The average molecular weight is 211 g/mol. The molecule has 3 fully saturated rings. The summed E-state index contributed by atoms with van der Waals surface area (Å²) in [5.74, 6) is 0.701. The number of alkyl halides is 1. The number of rotatable bonds is 2. The SMILES string of the molecule is CC(C)C[C@@]12C[C@@H](F)CN1CC1(CC1)C2. The Hall–Kier alpha value is -0.110. The van der Waals surface area contributed by atoms with E-state index in [1.165, 1.54) is 32.2 Å². The Morgan fingerprint density at radius 2 is 2.13 bits per heavy atom. The van der Waals surface area contributed by atoms with Crippen molar-refractivity contribution in [3.05, 3.63) is 0 Å². The summed E-state index contributed by atoms with van der Waals surface area (Å²) < 4.78 is 13.6. The number of nitrogens with zero attached hydrogens (tertiary/aromatic N) is 1. The van der Waals surface area contributed by atoms with Gasteiger partial charge in [-0.3, -0.25) is 4.90 Å². The first kappa shape index (κ1) is 10.1. The van der Waals surface area contributed by atoms with E-state index < -0.39 is 6.17 Å². The molecule has 2 atom stereocenters. The smallest absolute Gasteiger partial charge is 0.115 e. The Morgan fingerprint density at radius 1 is 1.40 bits per heavy atom. The molecular weight excluding hydrogens is 189 g/mol. The first-order valence-corrected chi connectivity index (χ1v) is 6.43. The topological polar surface area (TPSA) is 3.24 Å². The third-order valence-corrected chi connectivity index (χ3v) is 4.67. The summed E-state index contributed by atoms with van der Waals surface area (Å²) >= 11 is 0. The molecule has 3 rings (SSSR count). The molecule has 0 radical (unpaired) electrons. The molecule has 0 aromatic rings.